The van der Waals surface area contributed by atoms with Gasteiger partial charge in [-0.3, -0.25) is 9.59 Å². The maximum atomic E-state index is 12.4. The van der Waals surface area contributed by atoms with Crippen molar-refractivity contribution >= 4 is 39.0 Å². The fourth-order valence-electron chi connectivity index (χ4n) is 2.79. The van der Waals surface area contributed by atoms with Gasteiger partial charge in [-0.2, -0.15) is 0 Å². The van der Waals surface area contributed by atoms with E-state index in [1.165, 1.54) is 24.3 Å². The van der Waals surface area contributed by atoms with Gasteiger partial charge in [-0.25, -0.2) is 8.42 Å². The lowest BCUT2D eigenvalue weighted by Gasteiger charge is -2.09. The molecule has 0 bridgehead atoms. The fraction of sp³-hybridized carbons (Fsp3) is 0.263. The summed E-state index contributed by atoms with van der Waals surface area (Å²) in [7, 11) is -3.60. The van der Waals surface area contributed by atoms with Crippen molar-refractivity contribution in [1.82, 2.24) is 0 Å². The summed E-state index contributed by atoms with van der Waals surface area (Å²) in [6.07, 6.45) is 0.595. The Kier molecular flexibility index (Phi) is 5.82. The van der Waals surface area contributed by atoms with Crippen molar-refractivity contribution in [3.63, 3.8) is 0 Å². The summed E-state index contributed by atoms with van der Waals surface area (Å²) < 4.78 is 29.7. The van der Waals surface area contributed by atoms with Crippen LogP contribution in [0, 0.1) is 5.92 Å². The molecule has 6 nitrogen and oxygen atoms in total. The zero-order valence-electron chi connectivity index (χ0n) is 14.4. The van der Waals surface area contributed by atoms with Gasteiger partial charge >= 0.3 is 5.97 Å². The van der Waals surface area contributed by atoms with Gasteiger partial charge in [0.25, 0.3) is 0 Å². The summed E-state index contributed by atoms with van der Waals surface area (Å²) in [5.41, 5.74) is 1.31. The van der Waals surface area contributed by atoms with Crippen LogP contribution in [0.4, 0.5) is 5.69 Å². The first-order chi connectivity index (χ1) is 12.8. The van der Waals surface area contributed by atoms with Crippen LogP contribution in [0.2, 0.25) is 5.02 Å². The topological polar surface area (TPSA) is 89.5 Å². The van der Waals surface area contributed by atoms with E-state index >= 15 is 0 Å². The van der Waals surface area contributed by atoms with Crippen molar-refractivity contribution in [3.8, 4) is 0 Å². The number of benzene rings is 2. The lowest BCUT2D eigenvalue weighted by atomic mass is 10.1. The molecule has 142 valence electrons. The lowest BCUT2D eigenvalue weighted by Crippen LogP contribution is -2.20. The maximum absolute atomic E-state index is 12.4. The van der Waals surface area contributed by atoms with Gasteiger partial charge in [0, 0.05) is 10.7 Å². The molecule has 1 aliphatic heterocycles. The van der Waals surface area contributed by atoms with E-state index in [0.29, 0.717) is 17.1 Å². The number of sulfone groups is 1. The third-order valence-corrected chi connectivity index (χ3v) is 6.32. The minimum absolute atomic E-state index is 0.109. The number of esters is 1. The number of hydrogen-bond acceptors (Lipinski definition) is 5. The molecule has 0 aliphatic carbocycles. The molecule has 1 saturated heterocycles. The molecule has 8 heteroatoms. The molecule has 1 amide bonds. The first-order valence-corrected chi connectivity index (χ1v) is 10.4. The molecular formula is C19H18ClNO5S. The number of halogens is 1. The van der Waals surface area contributed by atoms with E-state index in [1.807, 2.05) is 0 Å². The Labute approximate surface area is 162 Å². The molecule has 0 aromatic heterocycles. The van der Waals surface area contributed by atoms with Crippen molar-refractivity contribution in [2.45, 2.75) is 17.7 Å². The van der Waals surface area contributed by atoms with E-state index in [9.17, 15) is 18.0 Å². The molecule has 1 N–H and O–H groups in total. The number of nitrogens with one attached hydrogen (secondary N) is 1. The van der Waals surface area contributed by atoms with Gasteiger partial charge in [0.1, 0.15) is 0 Å². The zero-order valence-corrected chi connectivity index (χ0v) is 15.9. The summed E-state index contributed by atoms with van der Waals surface area (Å²) in [6, 6.07) is 12.9. The van der Waals surface area contributed by atoms with Crippen LogP contribution in [0.25, 0.3) is 0 Å². The second kappa shape index (κ2) is 8.10. The third kappa shape index (κ3) is 5.08. The molecule has 27 heavy (non-hydrogen) atoms. The summed E-state index contributed by atoms with van der Waals surface area (Å²) in [4.78, 5) is 23.7. The van der Waals surface area contributed by atoms with Gasteiger partial charge in [-0.1, -0.05) is 23.7 Å². The van der Waals surface area contributed by atoms with E-state index in [0.717, 1.165) is 5.56 Å². The number of carbonyl (C=O) groups excluding carboxylic acids is 2. The molecule has 1 aliphatic rings. The molecule has 3 rings (SSSR count). The number of carbonyl (C=O) groups is 2. The van der Waals surface area contributed by atoms with Crippen LogP contribution in [-0.4, -0.2) is 32.7 Å². The van der Waals surface area contributed by atoms with Crippen molar-refractivity contribution in [2.75, 3.05) is 17.7 Å². The van der Waals surface area contributed by atoms with Crippen LogP contribution in [0.15, 0.2) is 53.4 Å². The highest BCUT2D eigenvalue weighted by atomic mass is 35.5. The van der Waals surface area contributed by atoms with E-state index in [2.05, 4.69) is 5.32 Å². The van der Waals surface area contributed by atoms with E-state index in [1.54, 1.807) is 24.3 Å². The lowest BCUT2D eigenvalue weighted by molar-refractivity contribution is -0.140. The van der Waals surface area contributed by atoms with Gasteiger partial charge in [-0.05, 0) is 48.4 Å². The first kappa shape index (κ1) is 19.4. The highest BCUT2D eigenvalue weighted by Gasteiger charge is 2.32. The number of ether oxygens (including phenoxy) is 1. The third-order valence-electron chi connectivity index (χ3n) is 4.24. The van der Waals surface area contributed by atoms with E-state index < -0.39 is 21.7 Å². The van der Waals surface area contributed by atoms with Gasteiger partial charge < -0.3 is 10.1 Å². The van der Waals surface area contributed by atoms with Crippen molar-refractivity contribution < 1.29 is 22.7 Å². The number of anilines is 1. The van der Waals surface area contributed by atoms with Crippen LogP contribution < -0.4 is 5.32 Å². The average Bonchev–Trinajstić information content (AvgIpc) is 3.01. The second-order valence-corrected chi connectivity index (χ2v) is 8.78. The Morgan fingerprint density at radius 1 is 1.11 bits per heavy atom. The second-order valence-electron chi connectivity index (χ2n) is 6.31. The first-order valence-electron chi connectivity index (χ1n) is 8.37. The standard InChI is InChI=1S/C19H18ClNO5S/c20-15-3-1-13(2-4-15)11-18(22)21-16-5-7-17(8-6-16)27(24,25)12-14-9-10-26-19(14)23/h1-8,14H,9-12H2,(H,21,22). The Morgan fingerprint density at radius 3 is 2.37 bits per heavy atom. The van der Waals surface area contributed by atoms with E-state index in [4.69, 9.17) is 16.3 Å². The Morgan fingerprint density at radius 2 is 1.78 bits per heavy atom. The Hall–Kier alpha value is -2.38. The van der Waals surface area contributed by atoms with Crippen LogP contribution in [0.5, 0.6) is 0 Å². The molecule has 0 saturated carbocycles. The molecule has 2 aromatic carbocycles. The number of rotatable bonds is 6. The molecule has 1 heterocycles. The van der Waals surface area contributed by atoms with Crippen LogP contribution in [0.1, 0.15) is 12.0 Å². The smallest absolute Gasteiger partial charge is 0.310 e. The van der Waals surface area contributed by atoms with Crippen molar-refractivity contribution in [3.05, 3.63) is 59.1 Å². The maximum Gasteiger partial charge on any atom is 0.310 e. The number of hydrogen-bond donors (Lipinski definition) is 1. The molecule has 1 atom stereocenters. The predicted octanol–water partition coefficient (Wildman–Crippen LogP) is 2.86. The van der Waals surface area contributed by atoms with Gasteiger partial charge in [0.2, 0.25) is 5.91 Å². The van der Waals surface area contributed by atoms with Crippen LogP contribution >= 0.6 is 11.6 Å². The highest BCUT2D eigenvalue weighted by molar-refractivity contribution is 7.91. The molecule has 1 unspecified atom stereocenters. The fourth-order valence-corrected chi connectivity index (χ4v) is 4.49. The number of amides is 1. The van der Waals surface area contributed by atoms with Crippen LogP contribution in [-0.2, 0) is 30.6 Å². The normalized spacial score (nSPS) is 16.8. The molecule has 0 radical (unpaired) electrons. The van der Waals surface area contributed by atoms with Gasteiger partial charge in [0.05, 0.1) is 29.6 Å². The molecule has 2 aromatic rings. The van der Waals surface area contributed by atoms with Gasteiger partial charge in [0.15, 0.2) is 9.84 Å². The summed E-state index contributed by atoms with van der Waals surface area (Å²) in [5.74, 6) is -1.58. The van der Waals surface area contributed by atoms with Crippen LogP contribution in [0.3, 0.4) is 0 Å². The Balaban J connectivity index is 1.61. The molecule has 0 spiro atoms. The predicted molar refractivity (Wildman–Crippen MR) is 101 cm³/mol. The monoisotopic (exact) mass is 407 g/mol. The SMILES string of the molecule is O=C(Cc1ccc(Cl)cc1)Nc1ccc(S(=O)(=O)CC2CCOC2=O)cc1. The molecule has 1 fully saturated rings. The average molecular weight is 408 g/mol. The van der Waals surface area contributed by atoms with Crippen molar-refractivity contribution in [2.24, 2.45) is 5.92 Å². The largest absolute Gasteiger partial charge is 0.465 e. The zero-order chi connectivity index (χ0) is 19.4. The van der Waals surface area contributed by atoms with Crippen molar-refractivity contribution in [1.29, 1.82) is 0 Å². The number of cyclic esters (lactones) is 1. The summed E-state index contributed by atoms with van der Waals surface area (Å²) in [6.45, 7) is 0.262. The summed E-state index contributed by atoms with van der Waals surface area (Å²) >= 11 is 5.82. The van der Waals surface area contributed by atoms with E-state index in [-0.39, 0.29) is 29.6 Å². The summed E-state index contributed by atoms with van der Waals surface area (Å²) in [5, 5.41) is 3.32. The minimum atomic E-state index is -3.60. The minimum Gasteiger partial charge on any atom is -0.465 e. The highest BCUT2D eigenvalue weighted by Crippen LogP contribution is 2.22. The Bertz CT molecular complexity index is 939. The quantitative estimate of drug-likeness (QED) is 0.743. The van der Waals surface area contributed by atoms with Gasteiger partial charge in [-0.15, -0.1) is 0 Å². The molecular weight excluding hydrogens is 390 g/mol.